The summed E-state index contributed by atoms with van der Waals surface area (Å²) in [6.45, 7) is 0. The number of halogens is 5. The number of para-hydroxylation sites is 1. The maximum atomic E-state index is 13.8. The number of thiazole rings is 1. The van der Waals surface area contributed by atoms with Crippen LogP contribution in [0.3, 0.4) is 0 Å². The SMILES string of the molecule is CN(C(=O)c1ncc(-c2cccc(C(F)(F)F)c2)s1)c1c(F)cccc1F. The smallest absolute Gasteiger partial charge is 0.304 e. The van der Waals surface area contributed by atoms with Gasteiger partial charge in [-0.3, -0.25) is 4.79 Å². The summed E-state index contributed by atoms with van der Waals surface area (Å²) in [5, 5.41) is -0.104. The first-order valence-corrected chi connectivity index (χ1v) is 8.35. The number of alkyl halides is 3. The van der Waals surface area contributed by atoms with Crippen molar-refractivity contribution in [3.8, 4) is 10.4 Å². The van der Waals surface area contributed by atoms with E-state index < -0.39 is 35.0 Å². The van der Waals surface area contributed by atoms with Gasteiger partial charge in [-0.05, 0) is 29.8 Å². The fourth-order valence-corrected chi connectivity index (χ4v) is 3.30. The minimum Gasteiger partial charge on any atom is -0.304 e. The average molecular weight is 398 g/mol. The van der Waals surface area contributed by atoms with E-state index >= 15 is 0 Å². The molecule has 0 fully saturated rings. The van der Waals surface area contributed by atoms with Gasteiger partial charge in [-0.2, -0.15) is 13.2 Å². The number of amides is 1. The molecule has 0 N–H and O–H groups in total. The van der Waals surface area contributed by atoms with E-state index in [4.69, 9.17) is 0 Å². The number of anilines is 1. The summed E-state index contributed by atoms with van der Waals surface area (Å²) in [7, 11) is 1.19. The number of benzene rings is 2. The summed E-state index contributed by atoms with van der Waals surface area (Å²) in [6.07, 6.45) is -3.25. The number of hydrogen-bond acceptors (Lipinski definition) is 3. The molecule has 0 spiro atoms. The highest BCUT2D eigenvalue weighted by molar-refractivity contribution is 7.17. The zero-order valence-corrected chi connectivity index (χ0v) is 14.5. The van der Waals surface area contributed by atoms with Gasteiger partial charge in [0.1, 0.15) is 17.3 Å². The summed E-state index contributed by atoms with van der Waals surface area (Å²) >= 11 is 0.834. The van der Waals surface area contributed by atoms with Gasteiger partial charge in [0, 0.05) is 13.2 Å². The van der Waals surface area contributed by atoms with Gasteiger partial charge in [-0.25, -0.2) is 13.8 Å². The third-order valence-electron chi connectivity index (χ3n) is 3.74. The molecule has 3 nitrogen and oxygen atoms in total. The van der Waals surface area contributed by atoms with Crippen molar-refractivity contribution in [1.82, 2.24) is 4.98 Å². The highest BCUT2D eigenvalue weighted by atomic mass is 32.1. The summed E-state index contributed by atoms with van der Waals surface area (Å²) < 4.78 is 66.2. The van der Waals surface area contributed by atoms with Crippen molar-refractivity contribution in [3.63, 3.8) is 0 Å². The summed E-state index contributed by atoms with van der Waals surface area (Å²) in [5.74, 6) is -2.61. The molecule has 0 saturated heterocycles. The summed E-state index contributed by atoms with van der Waals surface area (Å²) in [4.78, 5) is 17.5. The standard InChI is InChI=1S/C18H11F5N2OS/c1-25(15-12(19)6-3-7-13(15)20)17(26)16-24-9-14(27-16)10-4-2-5-11(8-10)18(21,22)23/h2-9H,1H3. The molecule has 2 aromatic carbocycles. The number of nitrogens with zero attached hydrogens (tertiary/aromatic N) is 2. The van der Waals surface area contributed by atoms with Crippen LogP contribution in [0, 0.1) is 11.6 Å². The van der Waals surface area contributed by atoms with Crippen molar-refractivity contribution in [3.05, 3.63) is 70.9 Å². The van der Waals surface area contributed by atoms with Crippen LogP contribution >= 0.6 is 11.3 Å². The van der Waals surface area contributed by atoms with Crippen LogP contribution in [0.4, 0.5) is 27.6 Å². The highest BCUT2D eigenvalue weighted by Gasteiger charge is 2.30. The van der Waals surface area contributed by atoms with Crippen molar-refractivity contribution < 1.29 is 26.7 Å². The van der Waals surface area contributed by atoms with Crippen LogP contribution in [0.5, 0.6) is 0 Å². The molecule has 1 heterocycles. The highest BCUT2D eigenvalue weighted by Crippen LogP contribution is 2.34. The topological polar surface area (TPSA) is 33.2 Å². The van der Waals surface area contributed by atoms with Crippen LogP contribution in [0.2, 0.25) is 0 Å². The monoisotopic (exact) mass is 398 g/mol. The third kappa shape index (κ3) is 3.82. The number of rotatable bonds is 3. The van der Waals surface area contributed by atoms with Gasteiger partial charge in [0.05, 0.1) is 10.4 Å². The van der Waals surface area contributed by atoms with Gasteiger partial charge in [0.2, 0.25) is 0 Å². The predicted molar refractivity (Wildman–Crippen MR) is 91.6 cm³/mol. The van der Waals surface area contributed by atoms with Crippen LogP contribution in [0.15, 0.2) is 48.7 Å². The molecular weight excluding hydrogens is 387 g/mol. The lowest BCUT2D eigenvalue weighted by atomic mass is 10.1. The molecule has 0 unspecified atom stereocenters. The first kappa shape index (κ1) is 19.0. The Labute approximate surface area is 154 Å². The number of hydrogen-bond donors (Lipinski definition) is 0. The predicted octanol–water partition coefficient (Wildman–Crippen LogP) is 5.38. The molecule has 1 aromatic heterocycles. The molecular formula is C18H11F5N2OS. The molecule has 0 aliphatic rings. The Morgan fingerprint density at radius 3 is 2.33 bits per heavy atom. The maximum absolute atomic E-state index is 13.8. The first-order chi connectivity index (χ1) is 12.7. The normalized spacial score (nSPS) is 11.5. The van der Waals surface area contributed by atoms with Gasteiger partial charge < -0.3 is 4.90 Å². The van der Waals surface area contributed by atoms with Gasteiger partial charge >= 0.3 is 6.18 Å². The second kappa shape index (κ2) is 7.07. The molecule has 0 bridgehead atoms. The Hall–Kier alpha value is -2.81. The van der Waals surface area contributed by atoms with E-state index in [1.165, 1.54) is 31.4 Å². The zero-order valence-electron chi connectivity index (χ0n) is 13.7. The molecule has 27 heavy (non-hydrogen) atoms. The number of carbonyl (C=O) groups is 1. The fourth-order valence-electron chi connectivity index (χ4n) is 2.41. The van der Waals surface area contributed by atoms with E-state index in [0.717, 1.165) is 40.5 Å². The Bertz CT molecular complexity index is 979. The Morgan fingerprint density at radius 2 is 1.70 bits per heavy atom. The Morgan fingerprint density at radius 1 is 1.07 bits per heavy atom. The zero-order chi connectivity index (χ0) is 19.8. The van der Waals surface area contributed by atoms with Crippen LogP contribution in [0.1, 0.15) is 15.4 Å². The minimum atomic E-state index is -4.50. The number of carbonyl (C=O) groups excluding carboxylic acids is 1. The molecule has 0 radical (unpaired) electrons. The Balaban J connectivity index is 1.91. The summed E-state index contributed by atoms with van der Waals surface area (Å²) in [6, 6.07) is 7.78. The number of aromatic nitrogens is 1. The second-order valence-electron chi connectivity index (χ2n) is 5.54. The van der Waals surface area contributed by atoms with Crippen molar-refractivity contribution in [2.75, 3.05) is 11.9 Å². The largest absolute Gasteiger partial charge is 0.416 e. The molecule has 0 aliphatic carbocycles. The Kier molecular flexibility index (Phi) is 4.97. The molecule has 9 heteroatoms. The van der Waals surface area contributed by atoms with E-state index in [9.17, 15) is 26.7 Å². The van der Waals surface area contributed by atoms with Gasteiger partial charge in [-0.1, -0.05) is 18.2 Å². The minimum absolute atomic E-state index is 0.104. The molecule has 0 atom stereocenters. The van der Waals surface area contributed by atoms with Gasteiger partial charge in [0.25, 0.3) is 5.91 Å². The molecule has 3 aromatic rings. The van der Waals surface area contributed by atoms with Crippen LogP contribution in [-0.2, 0) is 6.18 Å². The van der Waals surface area contributed by atoms with Crippen LogP contribution in [0.25, 0.3) is 10.4 Å². The summed E-state index contributed by atoms with van der Waals surface area (Å²) in [5.41, 5.74) is -1.12. The maximum Gasteiger partial charge on any atom is 0.416 e. The molecule has 1 amide bonds. The van der Waals surface area contributed by atoms with Crippen LogP contribution < -0.4 is 4.90 Å². The van der Waals surface area contributed by atoms with E-state index in [2.05, 4.69) is 4.98 Å². The van der Waals surface area contributed by atoms with E-state index in [1.807, 2.05) is 0 Å². The second-order valence-corrected chi connectivity index (χ2v) is 6.57. The van der Waals surface area contributed by atoms with E-state index in [1.54, 1.807) is 0 Å². The van der Waals surface area contributed by atoms with E-state index in [-0.39, 0.29) is 10.6 Å². The van der Waals surface area contributed by atoms with Crippen LogP contribution in [-0.4, -0.2) is 17.9 Å². The molecule has 0 saturated carbocycles. The van der Waals surface area contributed by atoms with Gasteiger partial charge in [-0.15, -0.1) is 11.3 Å². The van der Waals surface area contributed by atoms with Gasteiger partial charge in [0.15, 0.2) is 5.01 Å². The molecule has 0 aliphatic heterocycles. The lowest BCUT2D eigenvalue weighted by Gasteiger charge is -2.17. The third-order valence-corrected chi connectivity index (χ3v) is 4.78. The first-order valence-electron chi connectivity index (χ1n) is 7.54. The fraction of sp³-hybridized carbons (Fsp3) is 0.111. The van der Waals surface area contributed by atoms with Crippen molar-refractivity contribution in [1.29, 1.82) is 0 Å². The average Bonchev–Trinajstić information content (AvgIpc) is 3.10. The van der Waals surface area contributed by atoms with E-state index in [0.29, 0.717) is 4.88 Å². The van der Waals surface area contributed by atoms with Crippen molar-refractivity contribution in [2.24, 2.45) is 0 Å². The quantitative estimate of drug-likeness (QED) is 0.555. The lowest BCUT2D eigenvalue weighted by molar-refractivity contribution is -0.137. The molecule has 3 rings (SSSR count). The lowest BCUT2D eigenvalue weighted by Crippen LogP contribution is -2.27. The van der Waals surface area contributed by atoms with Crippen molar-refractivity contribution >= 4 is 22.9 Å². The van der Waals surface area contributed by atoms with Crippen molar-refractivity contribution in [2.45, 2.75) is 6.18 Å². The molecule has 140 valence electrons.